The summed E-state index contributed by atoms with van der Waals surface area (Å²) in [6, 6.07) is 0. The molecule has 0 aliphatic carbocycles. The van der Waals surface area contributed by atoms with E-state index in [0.717, 1.165) is 6.42 Å². The molecule has 0 spiro atoms. The van der Waals surface area contributed by atoms with Crippen LogP contribution in [0.2, 0.25) is 0 Å². The van der Waals surface area contributed by atoms with Crippen LogP contribution in [0.3, 0.4) is 0 Å². The van der Waals surface area contributed by atoms with Gasteiger partial charge in [0.25, 0.3) is 0 Å². The molecule has 40 valence electrons. The molecule has 0 aliphatic heterocycles. The van der Waals surface area contributed by atoms with Crippen molar-refractivity contribution in [2.75, 3.05) is 14.1 Å². The van der Waals surface area contributed by atoms with Gasteiger partial charge in [-0.3, -0.25) is 0 Å². The van der Waals surface area contributed by atoms with Crippen LogP contribution < -0.4 is 5.32 Å². The summed E-state index contributed by atoms with van der Waals surface area (Å²) in [4.78, 5) is 0. The summed E-state index contributed by atoms with van der Waals surface area (Å²) in [7, 11) is 3.75. The molecule has 7 heavy (non-hydrogen) atoms. The summed E-state index contributed by atoms with van der Waals surface area (Å²) >= 11 is 0. The van der Waals surface area contributed by atoms with Gasteiger partial charge in [0.05, 0.1) is 0 Å². The molecule has 0 aromatic heterocycles. The van der Waals surface area contributed by atoms with Crippen LogP contribution in [0.5, 0.6) is 0 Å². The van der Waals surface area contributed by atoms with Gasteiger partial charge in [-0.15, -0.1) is 0 Å². The Kier molecular flexibility index (Phi) is 66.3. The van der Waals surface area contributed by atoms with Gasteiger partial charge in [0.2, 0.25) is 0 Å². The molecule has 0 atom stereocenters. The van der Waals surface area contributed by atoms with Gasteiger partial charge in [0.1, 0.15) is 0 Å². The second-order valence-electron chi connectivity index (χ2n) is 1.000. The molecular weight excluding hydrogens is 98.4 g/mol. The first-order chi connectivity index (χ1) is 2.83. The molecule has 0 aliphatic rings. The molecule has 0 aromatic rings. The maximum absolute atomic E-state index is 3.49. The van der Waals surface area contributed by atoms with E-state index in [9.17, 15) is 0 Å². The zero-order chi connectivity index (χ0) is 5.41. The van der Waals surface area contributed by atoms with Crippen molar-refractivity contribution in [3.05, 3.63) is 6.92 Å². The first-order valence-corrected chi connectivity index (χ1v) is 2.21. The summed E-state index contributed by atoms with van der Waals surface area (Å²) in [5.74, 6) is 0. The molecule has 0 bridgehead atoms. The SMILES string of the molecule is CNC.[CH2-]CC.[Mg+2]. The fourth-order valence-electron chi connectivity index (χ4n) is 0. The standard InChI is InChI=1S/C3H7.C2H7N.Mg/c2*1-3-2;/h1,3H2,2H3;3H,1-2H3;/q-1;;+2. The van der Waals surface area contributed by atoms with Crippen molar-refractivity contribution in [2.24, 2.45) is 0 Å². The van der Waals surface area contributed by atoms with E-state index in [2.05, 4.69) is 12.2 Å². The van der Waals surface area contributed by atoms with Gasteiger partial charge in [-0.1, -0.05) is 6.92 Å². The van der Waals surface area contributed by atoms with Gasteiger partial charge in [0, 0.05) is 0 Å². The van der Waals surface area contributed by atoms with Crippen LogP contribution >= 0.6 is 0 Å². The van der Waals surface area contributed by atoms with Gasteiger partial charge in [-0.25, -0.2) is 0 Å². The molecular formula is C5H14MgN+. The van der Waals surface area contributed by atoms with E-state index in [4.69, 9.17) is 0 Å². The molecule has 1 nitrogen and oxygen atoms in total. The molecule has 2 heteroatoms. The third-order valence-corrected chi connectivity index (χ3v) is 0. The Hall–Kier alpha value is 0.726. The average Bonchev–Trinajstić information content (AvgIpc) is 1.39. The van der Waals surface area contributed by atoms with Crippen molar-refractivity contribution >= 4 is 23.1 Å². The van der Waals surface area contributed by atoms with Gasteiger partial charge in [-0.05, 0) is 14.1 Å². The number of nitrogens with one attached hydrogen (secondary N) is 1. The van der Waals surface area contributed by atoms with Crippen molar-refractivity contribution in [2.45, 2.75) is 13.3 Å². The maximum Gasteiger partial charge on any atom is 2.00 e. The third kappa shape index (κ3) is 285. The fraction of sp³-hybridized carbons (Fsp3) is 0.800. The van der Waals surface area contributed by atoms with Crippen LogP contribution in [0.1, 0.15) is 13.3 Å². The van der Waals surface area contributed by atoms with Gasteiger partial charge in [-0.2, -0.15) is 6.42 Å². The molecule has 0 aromatic carbocycles. The zero-order valence-electron chi connectivity index (χ0n) is 5.62. The van der Waals surface area contributed by atoms with Crippen LogP contribution in [-0.4, -0.2) is 37.1 Å². The summed E-state index contributed by atoms with van der Waals surface area (Å²) in [6.07, 6.45) is 1.00. The van der Waals surface area contributed by atoms with E-state index in [1.54, 1.807) is 0 Å². The fourth-order valence-corrected chi connectivity index (χ4v) is 0. The van der Waals surface area contributed by atoms with E-state index in [-0.39, 0.29) is 23.1 Å². The molecule has 0 unspecified atom stereocenters. The monoisotopic (exact) mass is 112 g/mol. The van der Waals surface area contributed by atoms with Crippen molar-refractivity contribution in [1.29, 1.82) is 0 Å². The van der Waals surface area contributed by atoms with Crippen LogP contribution in [0.4, 0.5) is 0 Å². The molecule has 0 fully saturated rings. The minimum Gasteiger partial charge on any atom is -0.344 e. The first kappa shape index (κ1) is 15.6. The minimum absolute atomic E-state index is 0. The molecule has 0 saturated heterocycles. The van der Waals surface area contributed by atoms with Crippen LogP contribution in [0.25, 0.3) is 0 Å². The number of hydrogen-bond donors (Lipinski definition) is 1. The van der Waals surface area contributed by atoms with Crippen molar-refractivity contribution in [3.8, 4) is 0 Å². The second-order valence-corrected chi connectivity index (χ2v) is 1.000. The van der Waals surface area contributed by atoms with Crippen LogP contribution in [0, 0.1) is 6.92 Å². The van der Waals surface area contributed by atoms with Gasteiger partial charge < -0.3 is 12.2 Å². The van der Waals surface area contributed by atoms with E-state index in [0.29, 0.717) is 0 Å². The topological polar surface area (TPSA) is 12.0 Å². The Balaban J connectivity index is -0.0000000400. The summed E-state index contributed by atoms with van der Waals surface area (Å²) in [5.41, 5.74) is 0. The molecule has 0 heterocycles. The Labute approximate surface area is 63.0 Å². The summed E-state index contributed by atoms with van der Waals surface area (Å²) < 4.78 is 0. The predicted octanol–water partition coefficient (Wildman–Crippen LogP) is 0.685. The van der Waals surface area contributed by atoms with E-state index < -0.39 is 0 Å². The predicted molar refractivity (Wildman–Crippen MR) is 36.4 cm³/mol. The number of hydrogen-bond acceptors (Lipinski definition) is 1. The normalized spacial score (nSPS) is 5.14. The molecule has 0 amide bonds. The van der Waals surface area contributed by atoms with E-state index in [1.165, 1.54) is 0 Å². The quantitative estimate of drug-likeness (QED) is 0.359. The zero-order valence-corrected chi connectivity index (χ0v) is 7.04. The van der Waals surface area contributed by atoms with E-state index >= 15 is 0 Å². The Morgan fingerprint density at radius 1 is 1.43 bits per heavy atom. The van der Waals surface area contributed by atoms with E-state index in [1.807, 2.05) is 21.0 Å². The van der Waals surface area contributed by atoms with Crippen LogP contribution in [-0.2, 0) is 0 Å². The largest absolute Gasteiger partial charge is 2.00 e. The molecule has 0 rings (SSSR count). The molecule has 0 saturated carbocycles. The Morgan fingerprint density at radius 2 is 1.43 bits per heavy atom. The van der Waals surface area contributed by atoms with Crippen molar-refractivity contribution < 1.29 is 0 Å². The second kappa shape index (κ2) is 29.7. The maximum atomic E-state index is 3.49. The van der Waals surface area contributed by atoms with Gasteiger partial charge >= 0.3 is 23.1 Å². The summed E-state index contributed by atoms with van der Waals surface area (Å²) in [6.45, 7) is 5.50. The average molecular weight is 112 g/mol. The first-order valence-electron chi connectivity index (χ1n) is 2.21. The molecule has 0 radical (unpaired) electrons. The number of rotatable bonds is 0. The third-order valence-electron chi connectivity index (χ3n) is 0. The Bertz CT molecular complexity index is 10.0. The van der Waals surface area contributed by atoms with Crippen molar-refractivity contribution in [1.82, 2.24) is 5.32 Å². The van der Waals surface area contributed by atoms with Crippen LogP contribution in [0.15, 0.2) is 0 Å². The molecule has 1 N–H and O–H groups in total. The Morgan fingerprint density at radius 3 is 1.43 bits per heavy atom. The smallest absolute Gasteiger partial charge is 0.344 e. The van der Waals surface area contributed by atoms with Gasteiger partial charge in [0.15, 0.2) is 0 Å². The van der Waals surface area contributed by atoms with Crippen molar-refractivity contribution in [3.63, 3.8) is 0 Å². The minimum atomic E-state index is 0. The summed E-state index contributed by atoms with van der Waals surface area (Å²) in [5, 5.41) is 2.75.